The molecule has 1 amide bonds. The van der Waals surface area contributed by atoms with Crippen molar-refractivity contribution in [3.63, 3.8) is 0 Å². The molecule has 0 aliphatic carbocycles. The van der Waals surface area contributed by atoms with Crippen molar-refractivity contribution in [1.82, 2.24) is 4.57 Å². The average Bonchev–Trinajstić information content (AvgIpc) is 2.98. The highest BCUT2D eigenvalue weighted by Gasteiger charge is 2.13. The number of amides is 1. The summed E-state index contributed by atoms with van der Waals surface area (Å²) < 4.78 is 7.60. The first-order valence-electron chi connectivity index (χ1n) is 9.17. The molecule has 3 aromatic rings. The molecule has 0 N–H and O–H groups in total. The third kappa shape index (κ3) is 5.50. The van der Waals surface area contributed by atoms with Gasteiger partial charge in [0.1, 0.15) is 6.54 Å². The molecule has 0 aliphatic heterocycles. The molecule has 1 heterocycles. The van der Waals surface area contributed by atoms with Crippen LogP contribution in [-0.4, -0.2) is 28.3 Å². The Morgan fingerprint density at radius 1 is 1.21 bits per heavy atom. The highest BCUT2D eigenvalue weighted by molar-refractivity contribution is 7.99. The zero-order chi connectivity index (χ0) is 21.0. The van der Waals surface area contributed by atoms with E-state index in [9.17, 15) is 9.59 Å². The van der Waals surface area contributed by atoms with Crippen LogP contribution in [0.15, 0.2) is 52.4 Å². The number of hydrogen-bond donors (Lipinski definition) is 0. The zero-order valence-corrected chi connectivity index (χ0v) is 18.7. The van der Waals surface area contributed by atoms with Crippen LogP contribution >= 0.6 is 34.7 Å². The van der Waals surface area contributed by atoms with Gasteiger partial charge in [-0.1, -0.05) is 36.8 Å². The minimum atomic E-state index is -0.383. The predicted molar refractivity (Wildman–Crippen MR) is 119 cm³/mol. The van der Waals surface area contributed by atoms with Crippen LogP contribution in [0.1, 0.15) is 31.1 Å². The van der Waals surface area contributed by atoms with E-state index in [0.717, 1.165) is 15.1 Å². The Labute approximate surface area is 182 Å². The Morgan fingerprint density at radius 2 is 1.93 bits per heavy atom. The fraction of sp³-hybridized carbons (Fsp3) is 0.286. The maximum atomic E-state index is 12.7. The first-order valence-corrected chi connectivity index (χ1v) is 11.2. The molecule has 0 bridgehead atoms. The van der Waals surface area contributed by atoms with Crippen LogP contribution in [0.5, 0.6) is 0 Å². The van der Waals surface area contributed by atoms with Gasteiger partial charge in [0.25, 0.3) is 5.91 Å². The van der Waals surface area contributed by atoms with E-state index in [2.05, 4.69) is 18.8 Å². The Kier molecular flexibility index (Phi) is 7.16. The first-order chi connectivity index (χ1) is 13.9. The quantitative estimate of drug-likeness (QED) is 0.386. The van der Waals surface area contributed by atoms with E-state index in [-0.39, 0.29) is 18.4 Å². The number of thioether (sulfide) groups is 1. The molecule has 0 saturated carbocycles. The number of carbonyl (C=O) groups excluding carboxylic acids is 2. The van der Waals surface area contributed by atoms with Crippen molar-refractivity contribution < 1.29 is 14.3 Å². The average molecular weight is 449 g/mol. The number of fused-ring (bicyclic) bond motifs is 1. The molecule has 0 radical (unpaired) electrons. The lowest BCUT2D eigenvalue weighted by Crippen LogP contribution is -2.23. The second-order valence-corrected chi connectivity index (χ2v) is 9.59. The lowest BCUT2D eigenvalue weighted by Gasteiger charge is -2.06. The van der Waals surface area contributed by atoms with Crippen LogP contribution in [0.2, 0.25) is 5.02 Å². The molecule has 0 aliphatic rings. The molecule has 5 nitrogen and oxygen atoms in total. The highest BCUT2D eigenvalue weighted by Crippen LogP contribution is 2.24. The smallest absolute Gasteiger partial charge is 0.326 e. The van der Waals surface area contributed by atoms with E-state index in [1.165, 1.54) is 11.3 Å². The van der Waals surface area contributed by atoms with Crippen LogP contribution in [0.4, 0.5) is 0 Å². The van der Waals surface area contributed by atoms with E-state index in [4.69, 9.17) is 16.3 Å². The van der Waals surface area contributed by atoms with Crippen molar-refractivity contribution in [3.8, 4) is 0 Å². The monoisotopic (exact) mass is 448 g/mol. The number of thiazole rings is 1. The molecule has 0 fully saturated rings. The Bertz CT molecular complexity index is 1100. The third-order valence-corrected chi connectivity index (χ3v) is 6.20. The van der Waals surface area contributed by atoms with Gasteiger partial charge in [-0.15, -0.1) is 11.8 Å². The molecular formula is C21H21ClN2O3S2. The van der Waals surface area contributed by atoms with E-state index >= 15 is 0 Å². The number of hydrogen-bond acceptors (Lipinski definition) is 5. The second-order valence-electron chi connectivity index (χ2n) is 6.50. The summed E-state index contributed by atoms with van der Waals surface area (Å²) in [6, 6.07) is 12.7. The van der Waals surface area contributed by atoms with Gasteiger partial charge in [0.15, 0.2) is 4.80 Å². The van der Waals surface area contributed by atoms with Crippen LogP contribution in [0, 0.1) is 0 Å². The molecule has 0 atom stereocenters. The SMILES string of the molecule is CCOC(=O)Cn1c(=NC(=O)c2ccc(SC(C)C)cc2)sc2cc(Cl)ccc21. The number of aromatic nitrogens is 1. The zero-order valence-electron chi connectivity index (χ0n) is 16.3. The number of carbonyl (C=O) groups is 2. The second kappa shape index (κ2) is 9.61. The van der Waals surface area contributed by atoms with Crippen molar-refractivity contribution in [1.29, 1.82) is 0 Å². The highest BCUT2D eigenvalue weighted by atomic mass is 35.5. The molecular weight excluding hydrogens is 428 g/mol. The van der Waals surface area contributed by atoms with Crippen LogP contribution in [0.3, 0.4) is 0 Å². The summed E-state index contributed by atoms with van der Waals surface area (Å²) in [5.41, 5.74) is 1.28. The van der Waals surface area contributed by atoms with Gasteiger partial charge in [-0.05, 0) is 49.4 Å². The third-order valence-electron chi connectivity index (χ3n) is 3.91. The van der Waals surface area contributed by atoms with Crippen LogP contribution in [-0.2, 0) is 16.1 Å². The molecule has 0 unspecified atom stereocenters. The fourth-order valence-corrected chi connectivity index (χ4v) is 4.86. The van der Waals surface area contributed by atoms with Crippen molar-refractivity contribution >= 4 is 56.8 Å². The van der Waals surface area contributed by atoms with Crippen molar-refractivity contribution in [2.45, 2.75) is 37.5 Å². The number of benzene rings is 2. The van der Waals surface area contributed by atoms with E-state index in [0.29, 0.717) is 27.2 Å². The van der Waals surface area contributed by atoms with Crippen molar-refractivity contribution in [2.24, 2.45) is 4.99 Å². The summed E-state index contributed by atoms with van der Waals surface area (Å²) in [5.74, 6) is -0.743. The molecule has 152 valence electrons. The lowest BCUT2D eigenvalue weighted by atomic mass is 10.2. The number of ether oxygens (including phenoxy) is 1. The number of halogens is 1. The van der Waals surface area contributed by atoms with Crippen molar-refractivity contribution in [3.05, 3.63) is 57.9 Å². The van der Waals surface area contributed by atoms with Crippen LogP contribution < -0.4 is 4.80 Å². The molecule has 0 spiro atoms. The fourth-order valence-electron chi connectivity index (χ4n) is 2.72. The summed E-state index contributed by atoms with van der Waals surface area (Å²) in [5, 5.41) is 1.05. The first kappa shape index (κ1) is 21.6. The van der Waals surface area contributed by atoms with Gasteiger partial charge >= 0.3 is 5.97 Å². The summed E-state index contributed by atoms with van der Waals surface area (Å²) in [6.45, 7) is 6.26. The topological polar surface area (TPSA) is 60.7 Å². The minimum absolute atomic E-state index is 0.0223. The molecule has 0 saturated heterocycles. The van der Waals surface area contributed by atoms with E-state index in [1.807, 2.05) is 18.2 Å². The van der Waals surface area contributed by atoms with Crippen molar-refractivity contribution in [2.75, 3.05) is 6.61 Å². The Balaban J connectivity index is 1.99. The van der Waals surface area contributed by atoms with Crippen LogP contribution in [0.25, 0.3) is 10.2 Å². The number of esters is 1. The standard InChI is InChI=1S/C21H21ClN2O3S2/c1-4-27-19(25)12-24-17-10-7-15(22)11-18(17)29-21(24)23-20(26)14-5-8-16(9-6-14)28-13(2)3/h5-11,13H,4,12H2,1-3H3. The van der Waals surface area contributed by atoms with Gasteiger partial charge in [-0.2, -0.15) is 4.99 Å². The van der Waals surface area contributed by atoms with Gasteiger partial charge in [0.05, 0.1) is 16.8 Å². The summed E-state index contributed by atoms with van der Waals surface area (Å²) in [7, 11) is 0. The minimum Gasteiger partial charge on any atom is -0.465 e. The maximum Gasteiger partial charge on any atom is 0.326 e. The number of rotatable bonds is 6. The number of nitrogens with zero attached hydrogens (tertiary/aromatic N) is 2. The molecule has 1 aromatic heterocycles. The lowest BCUT2D eigenvalue weighted by molar-refractivity contribution is -0.143. The normalized spacial score (nSPS) is 12.0. The van der Waals surface area contributed by atoms with Gasteiger partial charge in [0.2, 0.25) is 0 Å². The Hall–Kier alpha value is -2.09. The summed E-state index contributed by atoms with van der Waals surface area (Å²) >= 11 is 9.14. The molecule has 2 aromatic carbocycles. The van der Waals surface area contributed by atoms with Gasteiger partial charge < -0.3 is 9.30 Å². The van der Waals surface area contributed by atoms with Gasteiger partial charge in [-0.25, -0.2) is 0 Å². The van der Waals surface area contributed by atoms with Gasteiger partial charge in [-0.3, -0.25) is 9.59 Å². The summed E-state index contributed by atoms with van der Waals surface area (Å²) in [6.07, 6.45) is 0. The van der Waals surface area contributed by atoms with Gasteiger partial charge in [0, 0.05) is 20.7 Å². The van der Waals surface area contributed by atoms with E-state index in [1.54, 1.807) is 47.5 Å². The molecule has 3 rings (SSSR count). The molecule has 29 heavy (non-hydrogen) atoms. The summed E-state index contributed by atoms with van der Waals surface area (Å²) in [4.78, 5) is 30.6. The van der Waals surface area contributed by atoms with E-state index < -0.39 is 0 Å². The molecule has 8 heteroatoms. The maximum absolute atomic E-state index is 12.7. The predicted octanol–water partition coefficient (Wildman–Crippen LogP) is 5.16. The Morgan fingerprint density at radius 3 is 2.59 bits per heavy atom. The largest absolute Gasteiger partial charge is 0.465 e.